The van der Waals surface area contributed by atoms with Crippen LogP contribution in [0.4, 0.5) is 0 Å². The monoisotopic (exact) mass is 390 g/mol. The van der Waals surface area contributed by atoms with Crippen molar-refractivity contribution in [3.63, 3.8) is 0 Å². The standard InChI is InChI=1S/C17H12Cl2N4O3/c18-10-1-3-13(22-8-15(19)20-21-22)12(7-10)9-5-11-2-4-14(17(25)26)23(11)16(24)6-9/h1,3,5-8,14H,2,4H2,(H,25,26). The van der Waals surface area contributed by atoms with E-state index < -0.39 is 12.0 Å². The van der Waals surface area contributed by atoms with E-state index in [4.69, 9.17) is 23.2 Å². The Labute approximate surface area is 157 Å². The number of aromatic nitrogens is 4. The molecule has 0 saturated carbocycles. The summed E-state index contributed by atoms with van der Waals surface area (Å²) in [6.07, 6.45) is 2.47. The van der Waals surface area contributed by atoms with Crippen molar-refractivity contribution in [3.05, 3.63) is 62.8 Å². The van der Waals surface area contributed by atoms with Crippen LogP contribution in [-0.2, 0) is 11.2 Å². The van der Waals surface area contributed by atoms with E-state index in [-0.39, 0.29) is 10.7 Å². The minimum Gasteiger partial charge on any atom is -0.480 e. The van der Waals surface area contributed by atoms with Gasteiger partial charge in [0.05, 0.1) is 11.9 Å². The van der Waals surface area contributed by atoms with E-state index in [1.54, 1.807) is 24.4 Å². The average molecular weight is 391 g/mol. The van der Waals surface area contributed by atoms with E-state index in [9.17, 15) is 14.7 Å². The highest BCUT2D eigenvalue weighted by Crippen LogP contribution is 2.32. The largest absolute Gasteiger partial charge is 0.480 e. The lowest BCUT2D eigenvalue weighted by Gasteiger charge is -2.13. The van der Waals surface area contributed by atoms with Crippen LogP contribution < -0.4 is 5.56 Å². The van der Waals surface area contributed by atoms with Gasteiger partial charge in [-0.2, -0.15) is 0 Å². The number of hydrogen-bond acceptors (Lipinski definition) is 4. The number of pyridine rings is 1. The Bertz CT molecular complexity index is 1090. The van der Waals surface area contributed by atoms with Crippen molar-refractivity contribution in [3.8, 4) is 16.8 Å². The Balaban J connectivity index is 1.90. The van der Waals surface area contributed by atoms with Crippen molar-refractivity contribution < 1.29 is 9.90 Å². The molecule has 1 aromatic carbocycles. The first-order chi connectivity index (χ1) is 12.4. The zero-order valence-electron chi connectivity index (χ0n) is 13.3. The Morgan fingerprint density at radius 3 is 2.73 bits per heavy atom. The molecule has 132 valence electrons. The maximum Gasteiger partial charge on any atom is 0.326 e. The van der Waals surface area contributed by atoms with Crippen LogP contribution in [0.2, 0.25) is 10.2 Å². The molecular formula is C17H12Cl2N4O3. The summed E-state index contributed by atoms with van der Waals surface area (Å²) in [5.74, 6) is -1.00. The molecule has 1 atom stereocenters. The fourth-order valence-corrected chi connectivity index (χ4v) is 3.58. The van der Waals surface area contributed by atoms with E-state index in [0.717, 1.165) is 0 Å². The third-order valence-electron chi connectivity index (χ3n) is 4.40. The highest BCUT2D eigenvalue weighted by molar-refractivity contribution is 6.31. The molecule has 0 bridgehead atoms. The number of rotatable bonds is 3. The van der Waals surface area contributed by atoms with Gasteiger partial charge in [0.15, 0.2) is 5.15 Å². The van der Waals surface area contributed by atoms with Gasteiger partial charge in [0, 0.05) is 22.3 Å². The van der Waals surface area contributed by atoms with Crippen molar-refractivity contribution in [2.75, 3.05) is 0 Å². The molecule has 2 aromatic heterocycles. The lowest BCUT2D eigenvalue weighted by atomic mass is 10.0. The second-order valence-corrected chi connectivity index (χ2v) is 6.81. The predicted octanol–water partition coefficient (Wildman–Crippen LogP) is 2.97. The summed E-state index contributed by atoms with van der Waals surface area (Å²) in [5, 5.41) is 17.8. The van der Waals surface area contributed by atoms with Gasteiger partial charge in [-0.3, -0.25) is 9.36 Å². The third kappa shape index (κ3) is 2.79. The van der Waals surface area contributed by atoms with E-state index >= 15 is 0 Å². The van der Waals surface area contributed by atoms with Crippen molar-refractivity contribution >= 4 is 29.2 Å². The SMILES string of the molecule is O=C(O)C1CCc2cc(-c3cc(Cl)ccc3-n3cc(Cl)nn3)cc(=O)n21. The molecule has 0 amide bonds. The highest BCUT2D eigenvalue weighted by atomic mass is 35.5. The molecule has 3 heterocycles. The van der Waals surface area contributed by atoms with Crippen LogP contribution in [-0.4, -0.2) is 30.6 Å². The van der Waals surface area contributed by atoms with E-state index in [1.807, 2.05) is 6.07 Å². The van der Waals surface area contributed by atoms with Gasteiger partial charge in [0.1, 0.15) is 6.04 Å². The summed E-state index contributed by atoms with van der Waals surface area (Å²) in [7, 11) is 0. The second-order valence-electron chi connectivity index (χ2n) is 5.98. The molecule has 1 aliphatic heterocycles. The molecule has 1 unspecified atom stereocenters. The van der Waals surface area contributed by atoms with E-state index in [1.165, 1.54) is 15.3 Å². The first-order valence-electron chi connectivity index (χ1n) is 7.80. The van der Waals surface area contributed by atoms with Gasteiger partial charge >= 0.3 is 5.97 Å². The number of aryl methyl sites for hydroxylation is 1. The quantitative estimate of drug-likeness (QED) is 0.742. The lowest BCUT2D eigenvalue weighted by molar-refractivity contribution is -0.140. The average Bonchev–Trinajstić information content (AvgIpc) is 3.21. The van der Waals surface area contributed by atoms with E-state index in [2.05, 4.69) is 10.3 Å². The molecule has 0 aliphatic carbocycles. The molecule has 7 nitrogen and oxygen atoms in total. The molecule has 0 fully saturated rings. The molecule has 0 radical (unpaired) electrons. The number of carboxylic acids is 1. The Morgan fingerprint density at radius 2 is 2.04 bits per heavy atom. The summed E-state index contributed by atoms with van der Waals surface area (Å²) < 4.78 is 2.83. The number of halogens is 2. The topological polar surface area (TPSA) is 90.0 Å². The molecule has 26 heavy (non-hydrogen) atoms. The third-order valence-corrected chi connectivity index (χ3v) is 4.81. The van der Waals surface area contributed by atoms with Crippen molar-refractivity contribution in [2.24, 2.45) is 0 Å². The molecule has 1 N–H and O–H groups in total. The highest BCUT2D eigenvalue weighted by Gasteiger charge is 2.29. The second kappa shape index (κ2) is 6.26. The molecular weight excluding hydrogens is 379 g/mol. The number of aliphatic carboxylic acids is 1. The van der Waals surface area contributed by atoms with Crippen LogP contribution in [0.5, 0.6) is 0 Å². The zero-order valence-corrected chi connectivity index (χ0v) is 14.8. The smallest absolute Gasteiger partial charge is 0.326 e. The van der Waals surface area contributed by atoms with Crippen molar-refractivity contribution in [1.82, 2.24) is 19.6 Å². The van der Waals surface area contributed by atoms with Crippen molar-refractivity contribution in [1.29, 1.82) is 0 Å². The first kappa shape index (κ1) is 16.8. The Hall–Kier alpha value is -2.64. The van der Waals surface area contributed by atoms with Crippen LogP contribution in [0.15, 0.2) is 41.3 Å². The molecule has 1 aliphatic rings. The number of carboxylic acid groups (broad SMARTS) is 1. The Kier molecular flexibility index (Phi) is 4.05. The fraction of sp³-hybridized carbons (Fsp3) is 0.176. The van der Waals surface area contributed by atoms with Gasteiger partial charge in [-0.05, 0) is 42.7 Å². The summed E-state index contributed by atoms with van der Waals surface area (Å²) >= 11 is 12.0. The van der Waals surface area contributed by atoms with Crippen LogP contribution in [0.25, 0.3) is 16.8 Å². The van der Waals surface area contributed by atoms with Crippen LogP contribution in [0.3, 0.4) is 0 Å². The van der Waals surface area contributed by atoms with Gasteiger partial charge in [0.2, 0.25) is 0 Å². The molecule has 4 rings (SSSR count). The minimum absolute atomic E-state index is 0.240. The molecule has 0 saturated heterocycles. The number of fused-ring (bicyclic) bond motifs is 1. The van der Waals surface area contributed by atoms with Crippen molar-refractivity contribution in [2.45, 2.75) is 18.9 Å². The van der Waals surface area contributed by atoms with Gasteiger partial charge in [-0.1, -0.05) is 28.4 Å². The molecule has 3 aromatic rings. The van der Waals surface area contributed by atoms with Crippen LogP contribution >= 0.6 is 23.2 Å². The minimum atomic E-state index is -1.00. The number of benzene rings is 1. The van der Waals surface area contributed by atoms with Gasteiger partial charge < -0.3 is 5.11 Å². The maximum atomic E-state index is 12.6. The summed E-state index contributed by atoms with van der Waals surface area (Å²) in [6, 6.07) is 7.60. The zero-order chi connectivity index (χ0) is 18.4. The van der Waals surface area contributed by atoms with Gasteiger partial charge in [-0.25, -0.2) is 9.48 Å². The summed E-state index contributed by atoms with van der Waals surface area (Å²) in [4.78, 5) is 23.9. The lowest BCUT2D eigenvalue weighted by Crippen LogP contribution is -2.27. The predicted molar refractivity (Wildman–Crippen MR) is 96.1 cm³/mol. The van der Waals surface area contributed by atoms with Crippen LogP contribution in [0.1, 0.15) is 18.2 Å². The number of carbonyl (C=O) groups is 1. The number of nitrogens with zero attached hydrogens (tertiary/aromatic N) is 4. The normalized spacial score (nSPS) is 15.8. The number of hydrogen-bond donors (Lipinski definition) is 1. The fourth-order valence-electron chi connectivity index (χ4n) is 3.28. The summed E-state index contributed by atoms with van der Waals surface area (Å²) in [6.45, 7) is 0. The Morgan fingerprint density at radius 1 is 1.23 bits per heavy atom. The first-order valence-corrected chi connectivity index (χ1v) is 8.56. The molecule has 9 heteroatoms. The summed E-state index contributed by atoms with van der Waals surface area (Å²) in [5.41, 5.74) is 2.30. The maximum absolute atomic E-state index is 12.6. The molecule has 0 spiro atoms. The van der Waals surface area contributed by atoms with Gasteiger partial charge in [-0.15, -0.1) is 5.10 Å². The van der Waals surface area contributed by atoms with E-state index in [0.29, 0.717) is 40.4 Å². The van der Waals surface area contributed by atoms with Gasteiger partial charge in [0.25, 0.3) is 5.56 Å². The van der Waals surface area contributed by atoms with Crippen LogP contribution in [0, 0.1) is 0 Å².